The lowest BCUT2D eigenvalue weighted by atomic mass is 10.1. The molecular weight excluding hydrogens is 173 g/mol. The molecule has 0 N–H and O–H groups in total. The molecule has 72 valence electrons. The zero-order valence-electron chi connectivity index (χ0n) is 6.94. The average molecular weight is 184 g/mol. The van der Waals surface area contributed by atoms with Crippen LogP contribution in [0, 0.1) is 0 Å². The van der Waals surface area contributed by atoms with Crippen molar-refractivity contribution in [3.63, 3.8) is 0 Å². The van der Waals surface area contributed by atoms with Crippen molar-refractivity contribution in [2.24, 2.45) is 0 Å². The smallest absolute Gasteiger partial charge is 0.374 e. The summed E-state index contributed by atoms with van der Waals surface area (Å²) in [5.74, 6) is -0.519. The van der Waals surface area contributed by atoms with E-state index in [2.05, 4.69) is 4.74 Å². The van der Waals surface area contributed by atoms with Crippen LogP contribution in [0.15, 0.2) is 0 Å². The summed E-state index contributed by atoms with van der Waals surface area (Å²) in [4.78, 5) is 10.8. The highest BCUT2D eigenvalue weighted by Crippen LogP contribution is 2.21. The van der Waals surface area contributed by atoms with E-state index >= 15 is 0 Å². The minimum atomic E-state index is -4.26. The highest BCUT2D eigenvalue weighted by atomic mass is 19.4. The lowest BCUT2D eigenvalue weighted by molar-refractivity contribution is -0.147. The maximum atomic E-state index is 11.6. The van der Waals surface area contributed by atoms with Crippen LogP contribution in [-0.2, 0) is 9.53 Å². The molecule has 0 amide bonds. The largest absolute Gasteiger partial charge is 0.389 e. The highest BCUT2D eigenvalue weighted by Gasteiger charge is 2.28. The van der Waals surface area contributed by atoms with E-state index in [1.807, 2.05) is 0 Å². The van der Waals surface area contributed by atoms with Crippen LogP contribution >= 0.6 is 0 Å². The highest BCUT2D eigenvalue weighted by molar-refractivity contribution is 5.82. The summed E-state index contributed by atoms with van der Waals surface area (Å²) in [5.41, 5.74) is 0. The molecule has 0 aromatic carbocycles. The zero-order valence-corrected chi connectivity index (χ0v) is 6.94. The Hall–Kier alpha value is -0.580. The van der Waals surface area contributed by atoms with Crippen LogP contribution in [0.3, 0.4) is 0 Å². The molecule has 0 aliphatic rings. The van der Waals surface area contributed by atoms with E-state index in [1.54, 1.807) is 0 Å². The number of carbonyl (C=O) groups excluding carboxylic acids is 1. The predicted molar refractivity (Wildman–Crippen MR) is 36.8 cm³/mol. The topological polar surface area (TPSA) is 26.3 Å². The minimum absolute atomic E-state index is 0.501. The molecule has 0 aromatic rings. The molecule has 0 fully saturated rings. The zero-order chi connectivity index (χ0) is 9.78. The fraction of sp³-hybridized carbons (Fsp3) is 0.857. The lowest BCUT2D eigenvalue weighted by Crippen LogP contribution is -2.21. The first-order chi connectivity index (χ1) is 5.37. The molecule has 0 saturated heterocycles. The molecule has 0 aromatic heterocycles. The van der Waals surface area contributed by atoms with Gasteiger partial charge in [-0.25, -0.2) is 0 Å². The Kier molecular flexibility index (Phi) is 4.23. The first-order valence-electron chi connectivity index (χ1n) is 3.49. The molecule has 0 radical (unpaired) electrons. The summed E-state index contributed by atoms with van der Waals surface area (Å²) >= 11 is 0. The fourth-order valence-electron chi connectivity index (χ4n) is 0.600. The quantitative estimate of drug-likeness (QED) is 0.667. The van der Waals surface area contributed by atoms with Crippen LogP contribution < -0.4 is 0 Å². The Morgan fingerprint density at radius 3 is 2.33 bits per heavy atom. The monoisotopic (exact) mass is 184 g/mol. The SMILES string of the molecule is COC(C)C(=O)CCC(F)(F)F. The van der Waals surface area contributed by atoms with Gasteiger partial charge in [-0.05, 0) is 6.92 Å². The van der Waals surface area contributed by atoms with Crippen LogP contribution in [0.25, 0.3) is 0 Å². The Morgan fingerprint density at radius 1 is 1.50 bits per heavy atom. The van der Waals surface area contributed by atoms with Crippen LogP contribution in [-0.4, -0.2) is 25.2 Å². The van der Waals surface area contributed by atoms with Gasteiger partial charge in [-0.1, -0.05) is 0 Å². The average Bonchev–Trinajstić information content (AvgIpc) is 1.97. The standard InChI is InChI=1S/C7H11F3O2/c1-5(12-2)6(11)3-4-7(8,9)10/h5H,3-4H2,1-2H3. The van der Waals surface area contributed by atoms with Gasteiger partial charge >= 0.3 is 6.18 Å². The van der Waals surface area contributed by atoms with Crippen LogP contribution in [0.5, 0.6) is 0 Å². The number of hydrogen-bond acceptors (Lipinski definition) is 2. The van der Waals surface area contributed by atoms with Crippen molar-refractivity contribution < 1.29 is 22.7 Å². The molecule has 2 nitrogen and oxygen atoms in total. The number of rotatable bonds is 4. The second-order valence-corrected chi connectivity index (χ2v) is 2.46. The molecule has 0 aliphatic heterocycles. The number of carbonyl (C=O) groups is 1. The van der Waals surface area contributed by atoms with Crippen LogP contribution in [0.1, 0.15) is 19.8 Å². The number of ketones is 1. The van der Waals surface area contributed by atoms with Gasteiger partial charge in [-0.3, -0.25) is 4.79 Å². The maximum Gasteiger partial charge on any atom is 0.389 e. The number of alkyl halides is 3. The van der Waals surface area contributed by atoms with Crippen LogP contribution in [0.2, 0.25) is 0 Å². The van der Waals surface area contributed by atoms with Crippen molar-refractivity contribution in [1.29, 1.82) is 0 Å². The number of hydrogen-bond donors (Lipinski definition) is 0. The van der Waals surface area contributed by atoms with Gasteiger partial charge in [-0.15, -0.1) is 0 Å². The third kappa shape index (κ3) is 5.12. The third-order valence-corrected chi connectivity index (χ3v) is 1.46. The second-order valence-electron chi connectivity index (χ2n) is 2.46. The molecule has 1 unspecified atom stereocenters. The number of ether oxygens (including phenoxy) is 1. The van der Waals surface area contributed by atoms with E-state index in [9.17, 15) is 18.0 Å². The van der Waals surface area contributed by atoms with Crippen molar-refractivity contribution in [3.8, 4) is 0 Å². The summed E-state index contributed by atoms with van der Waals surface area (Å²) in [6.07, 6.45) is -6.58. The molecule has 5 heteroatoms. The van der Waals surface area contributed by atoms with Gasteiger partial charge in [0.2, 0.25) is 0 Å². The molecule has 0 saturated carbocycles. The molecule has 0 rings (SSSR count). The summed E-state index contributed by atoms with van der Waals surface area (Å²) < 4.78 is 39.3. The first kappa shape index (κ1) is 11.4. The molecule has 0 aliphatic carbocycles. The van der Waals surface area contributed by atoms with Gasteiger partial charge in [0.25, 0.3) is 0 Å². The lowest BCUT2D eigenvalue weighted by Gasteiger charge is -2.09. The normalized spacial score (nSPS) is 14.4. The molecule has 0 bridgehead atoms. The van der Waals surface area contributed by atoms with E-state index in [0.29, 0.717) is 0 Å². The predicted octanol–water partition coefficient (Wildman–Crippen LogP) is 1.93. The molecule has 0 heterocycles. The van der Waals surface area contributed by atoms with Gasteiger partial charge in [0.05, 0.1) is 6.42 Å². The second kappa shape index (κ2) is 4.45. The van der Waals surface area contributed by atoms with E-state index < -0.39 is 30.9 Å². The van der Waals surface area contributed by atoms with Gasteiger partial charge in [0.1, 0.15) is 6.10 Å². The van der Waals surface area contributed by atoms with E-state index in [1.165, 1.54) is 14.0 Å². The summed E-state index contributed by atoms with van der Waals surface area (Å²) in [6.45, 7) is 1.43. The number of halogens is 3. The van der Waals surface area contributed by atoms with Crippen LogP contribution in [0.4, 0.5) is 13.2 Å². The van der Waals surface area contributed by atoms with Crippen molar-refractivity contribution in [1.82, 2.24) is 0 Å². The number of Topliss-reactive ketones (excluding diaryl/α,β-unsaturated/α-hetero) is 1. The maximum absolute atomic E-state index is 11.6. The molecule has 12 heavy (non-hydrogen) atoms. The van der Waals surface area contributed by atoms with Crippen molar-refractivity contribution >= 4 is 5.78 Å². The van der Waals surface area contributed by atoms with E-state index in [4.69, 9.17) is 0 Å². The van der Waals surface area contributed by atoms with Gasteiger partial charge in [-0.2, -0.15) is 13.2 Å². The summed E-state index contributed by atoms with van der Waals surface area (Å²) in [7, 11) is 1.29. The Morgan fingerprint density at radius 2 is 2.00 bits per heavy atom. The molecular formula is C7H11F3O2. The van der Waals surface area contributed by atoms with E-state index in [-0.39, 0.29) is 0 Å². The summed E-state index contributed by atoms with van der Waals surface area (Å²) in [6, 6.07) is 0. The third-order valence-electron chi connectivity index (χ3n) is 1.46. The minimum Gasteiger partial charge on any atom is -0.374 e. The van der Waals surface area contributed by atoms with E-state index in [0.717, 1.165) is 0 Å². The van der Waals surface area contributed by atoms with Crippen molar-refractivity contribution in [3.05, 3.63) is 0 Å². The Bertz CT molecular complexity index is 153. The fourth-order valence-corrected chi connectivity index (χ4v) is 0.600. The Labute approximate surface area is 68.7 Å². The molecule has 1 atom stereocenters. The Balaban J connectivity index is 3.72. The number of methoxy groups -OCH3 is 1. The van der Waals surface area contributed by atoms with Gasteiger partial charge < -0.3 is 4.74 Å². The van der Waals surface area contributed by atoms with Crippen molar-refractivity contribution in [2.75, 3.05) is 7.11 Å². The summed E-state index contributed by atoms with van der Waals surface area (Å²) in [5, 5.41) is 0. The van der Waals surface area contributed by atoms with Gasteiger partial charge in [0, 0.05) is 13.5 Å². The van der Waals surface area contributed by atoms with Gasteiger partial charge in [0.15, 0.2) is 5.78 Å². The van der Waals surface area contributed by atoms with Crippen molar-refractivity contribution in [2.45, 2.75) is 32.0 Å². The molecule has 0 spiro atoms. The first-order valence-corrected chi connectivity index (χ1v) is 3.49.